The van der Waals surface area contributed by atoms with Gasteiger partial charge >= 0.3 is 0 Å². The molecule has 0 spiro atoms. The van der Waals surface area contributed by atoms with Crippen LogP contribution in [0.25, 0.3) is 0 Å². The Morgan fingerprint density at radius 1 is 1.16 bits per heavy atom. The fourth-order valence-corrected chi connectivity index (χ4v) is 3.60. The molecular formula is C22H23NO2. The summed E-state index contributed by atoms with van der Waals surface area (Å²) in [4.78, 5) is 0. The molecular weight excluding hydrogens is 310 g/mol. The molecule has 2 aromatic rings. The SMILES string of the molecule is CCOc1ccc(C)c2c1[C@H](c1ccc(C#N)cc1OC)C=C(C)C2. The molecule has 0 saturated carbocycles. The molecule has 0 amide bonds. The van der Waals surface area contributed by atoms with Crippen LogP contribution >= 0.6 is 0 Å². The molecule has 0 bridgehead atoms. The molecule has 3 rings (SSSR count). The van der Waals surface area contributed by atoms with Gasteiger partial charge in [0.2, 0.25) is 0 Å². The fourth-order valence-electron chi connectivity index (χ4n) is 3.60. The van der Waals surface area contributed by atoms with Crippen LogP contribution in [-0.4, -0.2) is 13.7 Å². The third kappa shape index (κ3) is 3.13. The second kappa shape index (κ2) is 7.03. The molecule has 1 aliphatic carbocycles. The average molecular weight is 333 g/mol. The minimum atomic E-state index is 0.0629. The number of allylic oxidation sites excluding steroid dienone is 2. The lowest BCUT2D eigenvalue weighted by atomic mass is 9.78. The number of aryl methyl sites for hydroxylation is 1. The summed E-state index contributed by atoms with van der Waals surface area (Å²) >= 11 is 0. The van der Waals surface area contributed by atoms with Gasteiger partial charge in [-0.2, -0.15) is 5.26 Å². The number of hydrogen-bond acceptors (Lipinski definition) is 3. The Morgan fingerprint density at radius 3 is 2.64 bits per heavy atom. The maximum absolute atomic E-state index is 9.17. The van der Waals surface area contributed by atoms with E-state index < -0.39 is 0 Å². The van der Waals surface area contributed by atoms with Gasteiger partial charge in [-0.25, -0.2) is 0 Å². The predicted octanol–water partition coefficient (Wildman–Crippen LogP) is 4.91. The third-order valence-corrected chi connectivity index (χ3v) is 4.77. The summed E-state index contributed by atoms with van der Waals surface area (Å²) in [6, 6.07) is 12.0. The number of nitriles is 1. The lowest BCUT2D eigenvalue weighted by Gasteiger charge is -2.28. The first-order valence-electron chi connectivity index (χ1n) is 8.59. The summed E-state index contributed by atoms with van der Waals surface area (Å²) in [5, 5.41) is 9.17. The van der Waals surface area contributed by atoms with Gasteiger partial charge < -0.3 is 9.47 Å². The van der Waals surface area contributed by atoms with Crippen molar-refractivity contribution in [1.82, 2.24) is 0 Å². The molecule has 3 heteroatoms. The Balaban J connectivity index is 2.23. The van der Waals surface area contributed by atoms with E-state index in [9.17, 15) is 5.26 Å². The molecule has 0 unspecified atom stereocenters. The van der Waals surface area contributed by atoms with E-state index in [-0.39, 0.29) is 5.92 Å². The van der Waals surface area contributed by atoms with E-state index in [2.05, 4.69) is 38.1 Å². The van der Waals surface area contributed by atoms with E-state index in [0.29, 0.717) is 12.2 Å². The Hall–Kier alpha value is -2.73. The molecule has 25 heavy (non-hydrogen) atoms. The topological polar surface area (TPSA) is 42.2 Å². The van der Waals surface area contributed by atoms with Crippen molar-refractivity contribution in [1.29, 1.82) is 5.26 Å². The van der Waals surface area contributed by atoms with Crippen LogP contribution in [0.2, 0.25) is 0 Å². The van der Waals surface area contributed by atoms with Crippen molar-refractivity contribution in [3.63, 3.8) is 0 Å². The molecule has 3 nitrogen and oxygen atoms in total. The van der Waals surface area contributed by atoms with Crippen molar-refractivity contribution in [3.05, 3.63) is 69.8 Å². The number of methoxy groups -OCH3 is 1. The number of benzene rings is 2. The standard InChI is InChI=1S/C22H23NO2/c1-5-25-20-9-6-15(3)18-10-14(2)11-19(22(18)20)17-8-7-16(13-23)12-21(17)24-4/h6-9,11-12,19H,5,10H2,1-4H3/t19-/m0/s1. The first-order valence-corrected chi connectivity index (χ1v) is 8.59. The second-order valence-electron chi connectivity index (χ2n) is 6.44. The largest absolute Gasteiger partial charge is 0.496 e. The predicted molar refractivity (Wildman–Crippen MR) is 99.4 cm³/mol. The van der Waals surface area contributed by atoms with Crippen molar-refractivity contribution in [2.75, 3.05) is 13.7 Å². The van der Waals surface area contributed by atoms with Crippen LogP contribution in [0.4, 0.5) is 0 Å². The number of fused-ring (bicyclic) bond motifs is 1. The molecule has 128 valence electrons. The lowest BCUT2D eigenvalue weighted by molar-refractivity contribution is 0.335. The monoisotopic (exact) mass is 333 g/mol. The molecule has 0 aliphatic heterocycles. The first-order chi connectivity index (χ1) is 12.1. The van der Waals surface area contributed by atoms with Gasteiger partial charge in [-0.1, -0.05) is 23.8 Å². The normalized spacial score (nSPS) is 15.8. The van der Waals surface area contributed by atoms with Crippen LogP contribution in [0.1, 0.15) is 47.6 Å². The molecule has 0 aromatic heterocycles. The molecule has 0 heterocycles. The van der Waals surface area contributed by atoms with Crippen LogP contribution in [0, 0.1) is 18.3 Å². The van der Waals surface area contributed by atoms with Crippen LogP contribution in [-0.2, 0) is 6.42 Å². The van der Waals surface area contributed by atoms with E-state index in [4.69, 9.17) is 9.47 Å². The zero-order valence-electron chi connectivity index (χ0n) is 15.2. The summed E-state index contributed by atoms with van der Waals surface area (Å²) in [5.41, 5.74) is 6.84. The Bertz CT molecular complexity index is 874. The van der Waals surface area contributed by atoms with E-state index >= 15 is 0 Å². The lowest BCUT2D eigenvalue weighted by Crippen LogP contribution is -2.14. The van der Waals surface area contributed by atoms with Gasteiger partial charge in [0.15, 0.2) is 0 Å². The Labute approximate surface area is 149 Å². The molecule has 0 saturated heterocycles. The van der Waals surface area contributed by atoms with Gasteiger partial charge in [-0.3, -0.25) is 0 Å². The minimum Gasteiger partial charge on any atom is -0.496 e. The van der Waals surface area contributed by atoms with Gasteiger partial charge in [0.25, 0.3) is 0 Å². The maximum Gasteiger partial charge on any atom is 0.124 e. The number of nitrogens with zero attached hydrogens (tertiary/aromatic N) is 1. The third-order valence-electron chi connectivity index (χ3n) is 4.77. The number of rotatable bonds is 4. The van der Waals surface area contributed by atoms with Crippen LogP contribution in [0.3, 0.4) is 0 Å². The number of ether oxygens (including phenoxy) is 2. The van der Waals surface area contributed by atoms with Gasteiger partial charge in [-0.15, -0.1) is 0 Å². The Kier molecular flexibility index (Phi) is 4.81. The van der Waals surface area contributed by atoms with E-state index in [0.717, 1.165) is 23.5 Å². The zero-order chi connectivity index (χ0) is 18.0. The molecule has 1 aliphatic rings. The van der Waals surface area contributed by atoms with Crippen molar-refractivity contribution in [3.8, 4) is 17.6 Å². The van der Waals surface area contributed by atoms with E-state index in [1.807, 2.05) is 25.1 Å². The minimum absolute atomic E-state index is 0.0629. The van der Waals surface area contributed by atoms with Crippen molar-refractivity contribution < 1.29 is 9.47 Å². The van der Waals surface area contributed by atoms with E-state index in [1.165, 1.54) is 22.3 Å². The highest BCUT2D eigenvalue weighted by atomic mass is 16.5. The smallest absolute Gasteiger partial charge is 0.124 e. The molecule has 0 N–H and O–H groups in total. The second-order valence-corrected chi connectivity index (χ2v) is 6.44. The first kappa shape index (κ1) is 17.1. The summed E-state index contributed by atoms with van der Waals surface area (Å²) in [6.07, 6.45) is 3.23. The summed E-state index contributed by atoms with van der Waals surface area (Å²) < 4.78 is 11.5. The summed E-state index contributed by atoms with van der Waals surface area (Å²) in [6.45, 7) is 6.96. The highest BCUT2D eigenvalue weighted by molar-refractivity contribution is 5.59. The van der Waals surface area contributed by atoms with Crippen LogP contribution in [0.15, 0.2) is 42.0 Å². The molecule has 0 radical (unpaired) electrons. The Morgan fingerprint density at radius 2 is 1.96 bits per heavy atom. The van der Waals surface area contributed by atoms with Crippen molar-refractivity contribution in [2.45, 2.75) is 33.1 Å². The van der Waals surface area contributed by atoms with Gasteiger partial charge in [-0.05, 0) is 56.5 Å². The fraction of sp³-hybridized carbons (Fsp3) is 0.318. The van der Waals surface area contributed by atoms with Gasteiger partial charge in [0.05, 0.1) is 25.3 Å². The quantitative estimate of drug-likeness (QED) is 0.747. The zero-order valence-corrected chi connectivity index (χ0v) is 15.2. The van der Waals surface area contributed by atoms with Crippen molar-refractivity contribution in [2.24, 2.45) is 0 Å². The molecule has 1 atom stereocenters. The van der Waals surface area contributed by atoms with E-state index in [1.54, 1.807) is 7.11 Å². The highest BCUT2D eigenvalue weighted by Crippen LogP contribution is 2.44. The van der Waals surface area contributed by atoms with Crippen LogP contribution < -0.4 is 9.47 Å². The highest BCUT2D eigenvalue weighted by Gasteiger charge is 2.27. The van der Waals surface area contributed by atoms with Gasteiger partial charge in [0.1, 0.15) is 11.5 Å². The van der Waals surface area contributed by atoms with Gasteiger partial charge in [0, 0.05) is 17.0 Å². The molecule has 2 aromatic carbocycles. The van der Waals surface area contributed by atoms with Crippen LogP contribution in [0.5, 0.6) is 11.5 Å². The number of hydrogen-bond donors (Lipinski definition) is 0. The maximum atomic E-state index is 9.17. The average Bonchev–Trinajstić information content (AvgIpc) is 2.63. The molecule has 0 fully saturated rings. The summed E-state index contributed by atoms with van der Waals surface area (Å²) in [7, 11) is 1.65. The summed E-state index contributed by atoms with van der Waals surface area (Å²) in [5.74, 6) is 1.74. The van der Waals surface area contributed by atoms with Crippen molar-refractivity contribution >= 4 is 0 Å².